The topological polar surface area (TPSA) is 89.2 Å². The number of hydrogen-bond acceptors (Lipinski definition) is 4. The van der Waals surface area contributed by atoms with Crippen LogP contribution in [-0.2, 0) is 0 Å². The van der Waals surface area contributed by atoms with Gasteiger partial charge in [-0.3, -0.25) is 15.0 Å². The van der Waals surface area contributed by atoms with Gasteiger partial charge in [0.05, 0.1) is 11.0 Å². The van der Waals surface area contributed by atoms with Gasteiger partial charge in [-0.1, -0.05) is 18.2 Å². The summed E-state index contributed by atoms with van der Waals surface area (Å²) in [7, 11) is 0. The SMILES string of the molecule is O=C(Nn1cnc2ccccc21)c1cccc(NC(=O)c2ccc(Br)o2)c1. The van der Waals surface area contributed by atoms with Crippen molar-refractivity contribution in [1.82, 2.24) is 9.66 Å². The van der Waals surface area contributed by atoms with E-state index in [1.807, 2.05) is 24.3 Å². The Morgan fingerprint density at radius 3 is 2.67 bits per heavy atom. The highest BCUT2D eigenvalue weighted by molar-refractivity contribution is 9.10. The summed E-state index contributed by atoms with van der Waals surface area (Å²) >= 11 is 3.15. The third-order valence-corrected chi connectivity index (χ3v) is 4.28. The molecule has 0 atom stereocenters. The minimum atomic E-state index is -0.404. The van der Waals surface area contributed by atoms with Gasteiger partial charge in [-0.25, -0.2) is 9.66 Å². The second kappa shape index (κ2) is 7.08. The Morgan fingerprint density at radius 1 is 1.00 bits per heavy atom. The molecule has 27 heavy (non-hydrogen) atoms. The highest BCUT2D eigenvalue weighted by Gasteiger charge is 2.13. The summed E-state index contributed by atoms with van der Waals surface area (Å²) in [6.45, 7) is 0. The molecule has 4 rings (SSSR count). The molecular formula is C19H13BrN4O3. The number of amides is 2. The fourth-order valence-corrected chi connectivity index (χ4v) is 2.90. The Balaban J connectivity index is 1.51. The summed E-state index contributed by atoms with van der Waals surface area (Å²) in [5.41, 5.74) is 5.22. The van der Waals surface area contributed by atoms with Gasteiger partial charge < -0.3 is 9.73 Å². The quantitative estimate of drug-likeness (QED) is 0.517. The van der Waals surface area contributed by atoms with Crippen LogP contribution in [-0.4, -0.2) is 21.5 Å². The Morgan fingerprint density at radius 2 is 1.85 bits per heavy atom. The molecule has 2 heterocycles. The Labute approximate surface area is 162 Å². The van der Waals surface area contributed by atoms with Gasteiger partial charge in [0.25, 0.3) is 11.8 Å². The second-order valence-electron chi connectivity index (χ2n) is 5.68. The summed E-state index contributed by atoms with van der Waals surface area (Å²) in [5.74, 6) is -0.560. The highest BCUT2D eigenvalue weighted by atomic mass is 79.9. The van der Waals surface area contributed by atoms with Crippen molar-refractivity contribution in [3.05, 3.63) is 83.0 Å². The van der Waals surface area contributed by atoms with Gasteiger partial charge in [0.15, 0.2) is 10.4 Å². The van der Waals surface area contributed by atoms with Crippen LogP contribution in [0.15, 0.2) is 76.1 Å². The molecule has 0 bridgehead atoms. The van der Waals surface area contributed by atoms with E-state index < -0.39 is 5.91 Å². The lowest BCUT2D eigenvalue weighted by atomic mass is 10.2. The zero-order valence-electron chi connectivity index (χ0n) is 13.8. The smallest absolute Gasteiger partial charge is 0.291 e. The van der Waals surface area contributed by atoms with Crippen molar-refractivity contribution in [2.45, 2.75) is 0 Å². The summed E-state index contributed by atoms with van der Waals surface area (Å²) in [6.07, 6.45) is 1.54. The first-order chi connectivity index (χ1) is 13.1. The minimum Gasteiger partial charge on any atom is -0.444 e. The molecule has 0 radical (unpaired) electrons. The van der Waals surface area contributed by atoms with Crippen LogP contribution in [0.5, 0.6) is 0 Å². The largest absolute Gasteiger partial charge is 0.444 e. The number of rotatable bonds is 4. The molecule has 8 heteroatoms. The summed E-state index contributed by atoms with van der Waals surface area (Å²) in [5, 5.41) is 2.70. The Kier molecular flexibility index (Phi) is 4.47. The third-order valence-electron chi connectivity index (χ3n) is 3.86. The summed E-state index contributed by atoms with van der Waals surface area (Å²) in [6, 6.07) is 17.3. The van der Waals surface area contributed by atoms with Gasteiger partial charge in [-0.2, -0.15) is 0 Å². The van der Waals surface area contributed by atoms with Crippen LogP contribution in [0.4, 0.5) is 5.69 Å². The number of carbonyl (C=O) groups is 2. The highest BCUT2D eigenvalue weighted by Crippen LogP contribution is 2.17. The predicted molar refractivity (Wildman–Crippen MR) is 104 cm³/mol. The lowest BCUT2D eigenvalue weighted by Crippen LogP contribution is -2.22. The summed E-state index contributed by atoms with van der Waals surface area (Å²) in [4.78, 5) is 29.0. The van der Waals surface area contributed by atoms with Gasteiger partial charge in [-0.15, -0.1) is 0 Å². The molecule has 2 amide bonds. The van der Waals surface area contributed by atoms with Crippen LogP contribution in [0.2, 0.25) is 0 Å². The van der Waals surface area contributed by atoms with E-state index in [9.17, 15) is 9.59 Å². The molecule has 0 saturated heterocycles. The molecular weight excluding hydrogens is 412 g/mol. The van der Waals surface area contributed by atoms with Crippen molar-refractivity contribution in [2.24, 2.45) is 0 Å². The van der Waals surface area contributed by atoms with Crippen molar-refractivity contribution in [3.63, 3.8) is 0 Å². The average molecular weight is 425 g/mol. The maximum Gasteiger partial charge on any atom is 0.291 e. The zero-order valence-corrected chi connectivity index (χ0v) is 15.4. The number of aromatic nitrogens is 2. The van der Waals surface area contributed by atoms with E-state index in [2.05, 4.69) is 31.7 Å². The lowest BCUT2D eigenvalue weighted by molar-refractivity contribution is 0.0990. The number of halogens is 1. The maximum absolute atomic E-state index is 12.6. The Bertz CT molecular complexity index is 1150. The lowest BCUT2D eigenvalue weighted by Gasteiger charge is -2.09. The number of hydrogen-bond donors (Lipinski definition) is 2. The molecule has 0 aliphatic heterocycles. The van der Waals surface area contributed by atoms with Crippen molar-refractivity contribution in [1.29, 1.82) is 0 Å². The van der Waals surface area contributed by atoms with Crippen molar-refractivity contribution in [3.8, 4) is 0 Å². The first-order valence-electron chi connectivity index (χ1n) is 8.00. The van der Waals surface area contributed by atoms with Crippen molar-refractivity contribution >= 4 is 44.5 Å². The number of anilines is 1. The number of benzene rings is 2. The molecule has 0 unspecified atom stereocenters. The van der Waals surface area contributed by atoms with E-state index in [0.717, 1.165) is 11.0 Å². The second-order valence-corrected chi connectivity index (χ2v) is 6.46. The zero-order chi connectivity index (χ0) is 18.8. The van der Waals surface area contributed by atoms with E-state index in [1.165, 1.54) is 0 Å². The number of carbonyl (C=O) groups excluding carboxylic acids is 2. The number of nitrogens with one attached hydrogen (secondary N) is 2. The van der Waals surface area contributed by atoms with E-state index in [0.29, 0.717) is 15.9 Å². The Hall–Kier alpha value is -3.39. The van der Waals surface area contributed by atoms with Gasteiger partial charge in [0.2, 0.25) is 0 Å². The van der Waals surface area contributed by atoms with Crippen LogP contribution in [0.3, 0.4) is 0 Å². The average Bonchev–Trinajstić information content (AvgIpc) is 3.29. The van der Waals surface area contributed by atoms with Gasteiger partial charge in [0, 0.05) is 11.3 Å². The number of nitrogens with zero attached hydrogens (tertiary/aromatic N) is 2. The minimum absolute atomic E-state index is 0.168. The fourth-order valence-electron chi connectivity index (χ4n) is 2.59. The molecule has 134 valence electrons. The molecule has 2 aromatic heterocycles. The summed E-state index contributed by atoms with van der Waals surface area (Å²) < 4.78 is 7.25. The number of imidazole rings is 1. The number of furan rings is 1. The first kappa shape index (κ1) is 17.0. The van der Waals surface area contributed by atoms with Crippen LogP contribution in [0, 0.1) is 0 Å². The first-order valence-corrected chi connectivity index (χ1v) is 8.80. The van der Waals surface area contributed by atoms with Gasteiger partial charge in [-0.05, 0) is 58.4 Å². The molecule has 0 fully saturated rings. The maximum atomic E-state index is 12.6. The van der Waals surface area contributed by atoms with Gasteiger partial charge in [0.1, 0.15) is 6.33 Å². The van der Waals surface area contributed by atoms with Crippen LogP contribution >= 0.6 is 15.9 Å². The fraction of sp³-hybridized carbons (Fsp3) is 0. The molecule has 0 saturated carbocycles. The number of fused-ring (bicyclic) bond motifs is 1. The molecule has 7 nitrogen and oxygen atoms in total. The molecule has 0 aliphatic rings. The van der Waals surface area contributed by atoms with Crippen LogP contribution < -0.4 is 10.7 Å². The molecule has 0 spiro atoms. The number of para-hydroxylation sites is 2. The van der Waals surface area contributed by atoms with E-state index in [1.54, 1.807) is 47.4 Å². The molecule has 2 aromatic carbocycles. The van der Waals surface area contributed by atoms with Crippen molar-refractivity contribution < 1.29 is 14.0 Å². The predicted octanol–water partition coefficient (Wildman–Crippen LogP) is 4.03. The van der Waals surface area contributed by atoms with Crippen LogP contribution in [0.1, 0.15) is 20.9 Å². The molecule has 4 aromatic rings. The van der Waals surface area contributed by atoms with E-state index >= 15 is 0 Å². The molecule has 0 aliphatic carbocycles. The molecule has 2 N–H and O–H groups in total. The van der Waals surface area contributed by atoms with Crippen LogP contribution in [0.25, 0.3) is 11.0 Å². The third kappa shape index (κ3) is 3.61. The van der Waals surface area contributed by atoms with Crippen molar-refractivity contribution in [2.75, 3.05) is 10.7 Å². The monoisotopic (exact) mass is 424 g/mol. The van der Waals surface area contributed by atoms with E-state index in [-0.39, 0.29) is 11.7 Å². The van der Waals surface area contributed by atoms with Gasteiger partial charge >= 0.3 is 0 Å². The normalized spacial score (nSPS) is 10.7. The van der Waals surface area contributed by atoms with E-state index in [4.69, 9.17) is 4.42 Å². The standard InChI is InChI=1S/C19H13BrN4O3/c20-17-9-8-16(27-17)19(26)22-13-5-3-4-12(10-13)18(25)23-24-11-21-14-6-1-2-7-15(14)24/h1-11H,(H,22,26)(H,23,25).